The van der Waals surface area contributed by atoms with Gasteiger partial charge in [0.15, 0.2) is 0 Å². The van der Waals surface area contributed by atoms with E-state index in [1.807, 2.05) is 30.3 Å². The van der Waals surface area contributed by atoms with Crippen molar-refractivity contribution in [3.63, 3.8) is 0 Å². The van der Waals surface area contributed by atoms with Gasteiger partial charge in [-0.15, -0.1) is 0 Å². The molecular weight excluding hydrogens is 192 g/mol. The molecule has 15 heavy (non-hydrogen) atoms. The number of hydrogen-bond donors (Lipinski definition) is 1. The number of benzene rings is 1. The normalized spacial score (nSPS) is 11.1. The van der Waals surface area contributed by atoms with Crippen LogP contribution in [0.3, 0.4) is 0 Å². The van der Waals surface area contributed by atoms with Crippen molar-refractivity contribution in [1.29, 1.82) is 0 Å². The van der Waals surface area contributed by atoms with Crippen molar-refractivity contribution in [2.75, 3.05) is 7.11 Å². The lowest BCUT2D eigenvalue weighted by atomic mass is 10.1. The fourth-order valence-electron chi connectivity index (χ4n) is 1.28. The van der Waals surface area contributed by atoms with E-state index in [4.69, 9.17) is 9.84 Å². The third-order valence-corrected chi connectivity index (χ3v) is 2.05. The molecule has 0 unspecified atom stereocenters. The first-order chi connectivity index (χ1) is 7.22. The molecule has 0 saturated heterocycles. The van der Waals surface area contributed by atoms with Crippen molar-refractivity contribution in [3.8, 4) is 0 Å². The first-order valence-corrected chi connectivity index (χ1v) is 4.74. The lowest BCUT2D eigenvalue weighted by molar-refractivity contribution is -0.131. The summed E-state index contributed by atoms with van der Waals surface area (Å²) in [4.78, 5) is 10.4. The Morgan fingerprint density at radius 1 is 1.40 bits per heavy atom. The van der Waals surface area contributed by atoms with E-state index in [-0.39, 0.29) is 0 Å². The van der Waals surface area contributed by atoms with Crippen LogP contribution in [0.2, 0.25) is 0 Å². The molecule has 1 N–H and O–H groups in total. The second kappa shape index (κ2) is 5.86. The number of ether oxygens (including phenoxy) is 1. The zero-order valence-electron chi connectivity index (χ0n) is 8.64. The number of hydrogen-bond acceptors (Lipinski definition) is 2. The number of carboxylic acids is 1. The number of rotatable bonds is 5. The molecule has 3 nitrogen and oxygen atoms in total. The van der Waals surface area contributed by atoms with Gasteiger partial charge < -0.3 is 9.84 Å². The van der Waals surface area contributed by atoms with Gasteiger partial charge in [0.2, 0.25) is 0 Å². The van der Waals surface area contributed by atoms with Crippen LogP contribution in [-0.2, 0) is 16.0 Å². The Bertz CT molecular complexity index is 341. The highest BCUT2D eigenvalue weighted by Crippen LogP contribution is 2.09. The Kier molecular flexibility index (Phi) is 4.41. The van der Waals surface area contributed by atoms with Crippen LogP contribution in [0.15, 0.2) is 42.2 Å². The number of carboxylic acid groups (broad SMARTS) is 1. The van der Waals surface area contributed by atoms with Crippen LogP contribution in [-0.4, -0.2) is 18.2 Å². The lowest BCUT2D eigenvalue weighted by Crippen LogP contribution is -1.96. The molecule has 0 bridgehead atoms. The summed E-state index contributed by atoms with van der Waals surface area (Å²) in [6.07, 6.45) is 2.49. The summed E-state index contributed by atoms with van der Waals surface area (Å²) in [5.74, 6) is -0.480. The molecule has 80 valence electrons. The van der Waals surface area contributed by atoms with Crippen molar-refractivity contribution in [2.45, 2.75) is 12.8 Å². The van der Waals surface area contributed by atoms with Crippen molar-refractivity contribution >= 4 is 5.97 Å². The SMILES string of the molecule is COC(=CC(=O)O)CCc1ccccc1. The Hall–Kier alpha value is -1.77. The number of aliphatic carboxylic acids is 1. The van der Waals surface area contributed by atoms with Gasteiger partial charge in [0.05, 0.1) is 13.2 Å². The second-order valence-electron chi connectivity index (χ2n) is 3.14. The van der Waals surface area contributed by atoms with E-state index in [2.05, 4.69) is 0 Å². The second-order valence-corrected chi connectivity index (χ2v) is 3.14. The monoisotopic (exact) mass is 206 g/mol. The Morgan fingerprint density at radius 2 is 2.07 bits per heavy atom. The van der Waals surface area contributed by atoms with Gasteiger partial charge in [0, 0.05) is 6.42 Å². The first kappa shape index (κ1) is 11.3. The van der Waals surface area contributed by atoms with E-state index in [1.54, 1.807) is 0 Å². The summed E-state index contributed by atoms with van der Waals surface area (Å²) < 4.78 is 4.96. The summed E-state index contributed by atoms with van der Waals surface area (Å²) in [5.41, 5.74) is 1.17. The predicted octanol–water partition coefficient (Wildman–Crippen LogP) is 2.23. The average molecular weight is 206 g/mol. The quantitative estimate of drug-likeness (QED) is 0.593. The predicted molar refractivity (Wildman–Crippen MR) is 57.5 cm³/mol. The molecule has 1 aromatic rings. The molecule has 3 heteroatoms. The molecule has 0 aliphatic heterocycles. The minimum absolute atomic E-state index is 0.492. The number of methoxy groups -OCH3 is 1. The van der Waals surface area contributed by atoms with Crippen LogP contribution in [0.1, 0.15) is 12.0 Å². The van der Waals surface area contributed by atoms with Crippen LogP contribution in [0.4, 0.5) is 0 Å². The maximum absolute atomic E-state index is 10.4. The average Bonchev–Trinajstić information content (AvgIpc) is 2.25. The van der Waals surface area contributed by atoms with Gasteiger partial charge in [0.1, 0.15) is 5.76 Å². The highest BCUT2D eigenvalue weighted by Gasteiger charge is 2.00. The van der Waals surface area contributed by atoms with Crippen LogP contribution >= 0.6 is 0 Å². The molecule has 0 spiro atoms. The summed E-state index contributed by atoms with van der Waals surface area (Å²) in [6.45, 7) is 0. The standard InChI is InChI=1S/C12H14O3/c1-15-11(9-12(13)14)8-7-10-5-3-2-4-6-10/h2-6,9H,7-8H2,1H3,(H,13,14). The zero-order chi connectivity index (χ0) is 11.1. The fraction of sp³-hybridized carbons (Fsp3) is 0.250. The third-order valence-electron chi connectivity index (χ3n) is 2.05. The molecule has 1 aromatic carbocycles. The number of aryl methyl sites for hydroxylation is 1. The van der Waals surface area contributed by atoms with E-state index < -0.39 is 5.97 Å². The highest BCUT2D eigenvalue weighted by molar-refractivity contribution is 5.80. The summed E-state index contributed by atoms with van der Waals surface area (Å²) in [6, 6.07) is 9.89. The van der Waals surface area contributed by atoms with E-state index in [9.17, 15) is 4.79 Å². The summed E-state index contributed by atoms with van der Waals surface area (Å²) >= 11 is 0. The molecule has 0 aliphatic carbocycles. The van der Waals surface area contributed by atoms with E-state index in [1.165, 1.54) is 12.7 Å². The van der Waals surface area contributed by atoms with E-state index in [0.717, 1.165) is 12.5 Å². The Morgan fingerprint density at radius 3 is 2.60 bits per heavy atom. The molecule has 1 rings (SSSR count). The van der Waals surface area contributed by atoms with Crippen molar-refractivity contribution in [1.82, 2.24) is 0 Å². The minimum atomic E-state index is -0.972. The molecule has 0 atom stereocenters. The van der Waals surface area contributed by atoms with Crippen LogP contribution in [0.25, 0.3) is 0 Å². The van der Waals surface area contributed by atoms with Crippen molar-refractivity contribution in [3.05, 3.63) is 47.7 Å². The Balaban J connectivity index is 2.52. The molecular formula is C12H14O3. The highest BCUT2D eigenvalue weighted by atomic mass is 16.5. The number of carbonyl (C=O) groups is 1. The van der Waals surface area contributed by atoms with Gasteiger partial charge in [-0.25, -0.2) is 4.79 Å². The van der Waals surface area contributed by atoms with Gasteiger partial charge in [0.25, 0.3) is 0 Å². The van der Waals surface area contributed by atoms with Crippen molar-refractivity contribution < 1.29 is 14.6 Å². The Labute approximate surface area is 89.0 Å². The molecule has 0 saturated carbocycles. The molecule has 0 aliphatic rings. The molecule has 0 amide bonds. The summed E-state index contributed by atoms with van der Waals surface area (Å²) in [7, 11) is 1.49. The van der Waals surface area contributed by atoms with Gasteiger partial charge in [-0.3, -0.25) is 0 Å². The van der Waals surface area contributed by atoms with Gasteiger partial charge in [-0.05, 0) is 12.0 Å². The molecule has 0 fully saturated rings. The molecule has 0 heterocycles. The van der Waals surface area contributed by atoms with Crippen LogP contribution in [0, 0.1) is 0 Å². The topological polar surface area (TPSA) is 46.5 Å². The molecule has 0 radical (unpaired) electrons. The van der Waals surface area contributed by atoms with Gasteiger partial charge in [-0.2, -0.15) is 0 Å². The van der Waals surface area contributed by atoms with E-state index >= 15 is 0 Å². The smallest absolute Gasteiger partial charge is 0.331 e. The van der Waals surface area contributed by atoms with Crippen LogP contribution in [0.5, 0.6) is 0 Å². The number of allylic oxidation sites excluding steroid dienone is 1. The van der Waals surface area contributed by atoms with E-state index in [0.29, 0.717) is 12.2 Å². The molecule has 0 aromatic heterocycles. The first-order valence-electron chi connectivity index (χ1n) is 4.74. The third kappa shape index (κ3) is 4.31. The largest absolute Gasteiger partial charge is 0.501 e. The fourth-order valence-corrected chi connectivity index (χ4v) is 1.28. The summed E-state index contributed by atoms with van der Waals surface area (Å²) in [5, 5.41) is 8.56. The maximum Gasteiger partial charge on any atom is 0.331 e. The maximum atomic E-state index is 10.4. The van der Waals surface area contributed by atoms with Crippen LogP contribution < -0.4 is 0 Å². The lowest BCUT2D eigenvalue weighted by Gasteiger charge is -2.04. The zero-order valence-corrected chi connectivity index (χ0v) is 8.64. The van der Waals surface area contributed by atoms with Crippen molar-refractivity contribution in [2.24, 2.45) is 0 Å². The van der Waals surface area contributed by atoms with Gasteiger partial charge >= 0.3 is 5.97 Å². The minimum Gasteiger partial charge on any atom is -0.501 e. The van der Waals surface area contributed by atoms with Gasteiger partial charge in [-0.1, -0.05) is 30.3 Å².